The molecule has 0 amide bonds. The number of halogens is 1. The molecule has 0 N–H and O–H groups in total. The van der Waals surface area contributed by atoms with Gasteiger partial charge in [-0.2, -0.15) is 0 Å². The normalized spacial score (nSPS) is 15.2. The number of piperazine rings is 1. The molecule has 1 atom stereocenters. The van der Waals surface area contributed by atoms with Crippen LogP contribution in [0.25, 0.3) is 10.2 Å². The van der Waals surface area contributed by atoms with E-state index in [1.807, 2.05) is 12.1 Å². The molecule has 192 valence electrons. The summed E-state index contributed by atoms with van der Waals surface area (Å²) >= 11 is 8.01. The van der Waals surface area contributed by atoms with Crippen molar-refractivity contribution >= 4 is 39.0 Å². The van der Waals surface area contributed by atoms with Crippen LogP contribution in [0.1, 0.15) is 39.0 Å². The summed E-state index contributed by atoms with van der Waals surface area (Å²) in [4.78, 5) is 17.6. The van der Waals surface area contributed by atoms with Crippen molar-refractivity contribution in [3.05, 3.63) is 123 Å². The number of thiophene rings is 1. The molecule has 1 aliphatic heterocycles. The second-order valence-electron chi connectivity index (χ2n) is 9.98. The van der Waals surface area contributed by atoms with E-state index in [0.717, 1.165) is 54.1 Å². The minimum absolute atomic E-state index is 0.194. The SMILES string of the molecule is Cc1sc2nc(Cc3ccccc3)nc(N3CCN(C(c4ccccc4)c4ccc(Cl)cc4)CC3)c2c1C. The molecule has 1 fully saturated rings. The van der Waals surface area contributed by atoms with E-state index in [4.69, 9.17) is 21.6 Å². The summed E-state index contributed by atoms with van der Waals surface area (Å²) in [5.74, 6) is 1.98. The van der Waals surface area contributed by atoms with E-state index in [1.54, 1.807) is 11.3 Å². The summed E-state index contributed by atoms with van der Waals surface area (Å²) in [6.07, 6.45) is 0.742. The molecule has 3 aromatic carbocycles. The van der Waals surface area contributed by atoms with Crippen LogP contribution < -0.4 is 4.90 Å². The lowest BCUT2D eigenvalue weighted by Gasteiger charge is -2.40. The summed E-state index contributed by atoms with van der Waals surface area (Å²) < 4.78 is 0. The number of benzene rings is 3. The highest BCUT2D eigenvalue weighted by atomic mass is 35.5. The summed E-state index contributed by atoms with van der Waals surface area (Å²) in [6, 6.07) is 29.8. The van der Waals surface area contributed by atoms with E-state index in [2.05, 4.69) is 96.4 Å². The Morgan fingerprint density at radius 2 is 1.42 bits per heavy atom. The van der Waals surface area contributed by atoms with E-state index in [9.17, 15) is 0 Å². The highest BCUT2D eigenvalue weighted by Gasteiger charge is 2.28. The Kier molecular flexibility index (Phi) is 7.16. The first-order valence-electron chi connectivity index (χ1n) is 13.2. The summed E-state index contributed by atoms with van der Waals surface area (Å²) in [7, 11) is 0. The lowest BCUT2D eigenvalue weighted by Crippen LogP contribution is -2.48. The number of anilines is 1. The van der Waals surface area contributed by atoms with Gasteiger partial charge in [-0.05, 0) is 48.2 Å². The van der Waals surface area contributed by atoms with Crippen molar-refractivity contribution in [2.75, 3.05) is 31.1 Å². The van der Waals surface area contributed by atoms with Gasteiger partial charge in [0.15, 0.2) is 0 Å². The van der Waals surface area contributed by atoms with Gasteiger partial charge in [-0.25, -0.2) is 9.97 Å². The van der Waals surface area contributed by atoms with Gasteiger partial charge in [-0.3, -0.25) is 4.90 Å². The fraction of sp³-hybridized carbons (Fsp3) is 0.250. The molecular weight excluding hydrogens is 508 g/mol. The van der Waals surface area contributed by atoms with E-state index in [0.29, 0.717) is 0 Å². The predicted molar refractivity (Wildman–Crippen MR) is 160 cm³/mol. The molecule has 1 saturated heterocycles. The van der Waals surface area contributed by atoms with Crippen molar-refractivity contribution in [2.24, 2.45) is 0 Å². The highest BCUT2D eigenvalue weighted by molar-refractivity contribution is 7.18. The first-order valence-corrected chi connectivity index (χ1v) is 14.4. The van der Waals surface area contributed by atoms with Crippen LogP contribution >= 0.6 is 22.9 Å². The van der Waals surface area contributed by atoms with Crippen molar-refractivity contribution in [1.29, 1.82) is 0 Å². The molecule has 1 unspecified atom stereocenters. The number of nitrogens with zero attached hydrogens (tertiary/aromatic N) is 4. The van der Waals surface area contributed by atoms with Crippen LogP contribution in [-0.2, 0) is 6.42 Å². The molecule has 0 spiro atoms. The van der Waals surface area contributed by atoms with Crippen LogP contribution in [0.5, 0.6) is 0 Å². The zero-order valence-corrected chi connectivity index (χ0v) is 23.3. The smallest absolute Gasteiger partial charge is 0.141 e. The summed E-state index contributed by atoms with van der Waals surface area (Å²) in [5, 5.41) is 1.99. The zero-order valence-electron chi connectivity index (χ0n) is 21.8. The number of hydrogen-bond acceptors (Lipinski definition) is 5. The van der Waals surface area contributed by atoms with E-state index < -0.39 is 0 Å². The van der Waals surface area contributed by atoms with Gasteiger partial charge in [0.05, 0.1) is 11.4 Å². The highest BCUT2D eigenvalue weighted by Crippen LogP contribution is 2.37. The van der Waals surface area contributed by atoms with Crippen LogP contribution in [0.3, 0.4) is 0 Å². The molecule has 0 saturated carbocycles. The molecule has 1 aliphatic rings. The van der Waals surface area contributed by atoms with Crippen molar-refractivity contribution in [3.8, 4) is 0 Å². The largest absolute Gasteiger partial charge is 0.353 e. The predicted octanol–water partition coefficient (Wildman–Crippen LogP) is 7.46. The number of hydrogen-bond donors (Lipinski definition) is 0. The fourth-order valence-corrected chi connectivity index (χ4v) is 6.61. The quantitative estimate of drug-likeness (QED) is 0.224. The molecule has 5 aromatic rings. The Morgan fingerprint density at radius 1 is 0.789 bits per heavy atom. The third kappa shape index (κ3) is 5.06. The molecule has 6 heteroatoms. The molecule has 6 rings (SSSR count). The van der Waals surface area contributed by atoms with E-state index >= 15 is 0 Å². The van der Waals surface area contributed by atoms with Gasteiger partial charge in [0.25, 0.3) is 0 Å². The first kappa shape index (κ1) is 25.1. The van der Waals surface area contributed by atoms with E-state index in [-0.39, 0.29) is 6.04 Å². The van der Waals surface area contributed by atoms with E-state index in [1.165, 1.54) is 32.5 Å². The molecule has 0 radical (unpaired) electrons. The first-order chi connectivity index (χ1) is 18.6. The number of aryl methyl sites for hydroxylation is 2. The van der Waals surface area contributed by atoms with Crippen LogP contribution in [-0.4, -0.2) is 41.0 Å². The Morgan fingerprint density at radius 3 is 2.11 bits per heavy atom. The average molecular weight is 539 g/mol. The number of aromatic nitrogens is 2. The van der Waals surface area contributed by atoms with Gasteiger partial charge < -0.3 is 4.90 Å². The lowest BCUT2D eigenvalue weighted by atomic mass is 9.96. The molecule has 0 aliphatic carbocycles. The van der Waals surface area contributed by atoms with Crippen LogP contribution in [0.15, 0.2) is 84.9 Å². The molecule has 0 bridgehead atoms. The van der Waals surface area contributed by atoms with Crippen molar-refractivity contribution in [2.45, 2.75) is 26.3 Å². The minimum atomic E-state index is 0.194. The fourth-order valence-electron chi connectivity index (χ4n) is 5.44. The standard InChI is InChI=1S/C32H31ClN4S/c1-22-23(2)38-32-29(22)31(34-28(35-32)21-24-9-5-3-6-10-24)37-19-17-36(18-20-37)30(25-11-7-4-8-12-25)26-13-15-27(33)16-14-26/h3-16,30H,17-21H2,1-2H3. The Hall–Kier alpha value is -3.25. The summed E-state index contributed by atoms with van der Waals surface area (Å²) in [6.45, 7) is 8.13. The monoisotopic (exact) mass is 538 g/mol. The number of fused-ring (bicyclic) bond motifs is 1. The zero-order chi connectivity index (χ0) is 26.1. The van der Waals surface area contributed by atoms with Crippen molar-refractivity contribution in [1.82, 2.24) is 14.9 Å². The summed E-state index contributed by atoms with van der Waals surface area (Å²) in [5.41, 5.74) is 5.12. The second kappa shape index (κ2) is 10.9. The van der Waals surface area contributed by atoms with Gasteiger partial charge >= 0.3 is 0 Å². The third-order valence-electron chi connectivity index (χ3n) is 7.54. The maximum atomic E-state index is 6.23. The number of rotatable bonds is 6. The molecular formula is C32H31ClN4S. The van der Waals surface area contributed by atoms with Crippen LogP contribution in [0, 0.1) is 13.8 Å². The Bertz CT molecular complexity index is 1530. The van der Waals surface area contributed by atoms with Crippen LogP contribution in [0.4, 0.5) is 5.82 Å². The maximum absolute atomic E-state index is 6.23. The molecule has 4 nitrogen and oxygen atoms in total. The Labute approximate surface area is 233 Å². The maximum Gasteiger partial charge on any atom is 0.141 e. The van der Waals surface area contributed by atoms with Crippen LogP contribution in [0.2, 0.25) is 5.02 Å². The van der Waals surface area contributed by atoms with Gasteiger partial charge in [-0.1, -0.05) is 84.4 Å². The second-order valence-corrected chi connectivity index (χ2v) is 11.6. The molecule has 3 heterocycles. The van der Waals surface area contributed by atoms with Gasteiger partial charge in [0.1, 0.15) is 16.5 Å². The Balaban J connectivity index is 1.30. The van der Waals surface area contributed by atoms with Crippen molar-refractivity contribution in [3.63, 3.8) is 0 Å². The molecule has 2 aromatic heterocycles. The lowest BCUT2D eigenvalue weighted by molar-refractivity contribution is 0.212. The van der Waals surface area contributed by atoms with Gasteiger partial charge in [0, 0.05) is 42.5 Å². The van der Waals surface area contributed by atoms with Gasteiger partial charge in [-0.15, -0.1) is 11.3 Å². The van der Waals surface area contributed by atoms with Crippen molar-refractivity contribution < 1.29 is 0 Å². The van der Waals surface area contributed by atoms with Gasteiger partial charge in [0.2, 0.25) is 0 Å². The topological polar surface area (TPSA) is 32.3 Å². The third-order valence-corrected chi connectivity index (χ3v) is 8.89. The molecule has 38 heavy (non-hydrogen) atoms. The average Bonchev–Trinajstić information content (AvgIpc) is 3.24. The minimum Gasteiger partial charge on any atom is -0.353 e.